The summed E-state index contributed by atoms with van der Waals surface area (Å²) in [5.74, 6) is 0.698. The molecule has 0 aliphatic rings. The SMILES string of the molecule is Cc1ccc(-c2nc(=S)[nH]c(=S)[nH]2)cc1. The Balaban J connectivity index is 2.59. The van der Waals surface area contributed by atoms with E-state index in [4.69, 9.17) is 24.4 Å². The molecule has 0 amide bonds. The summed E-state index contributed by atoms with van der Waals surface area (Å²) in [4.78, 5) is 9.89. The van der Waals surface area contributed by atoms with Crippen LogP contribution in [0.2, 0.25) is 0 Å². The fraction of sp³-hybridized carbons (Fsp3) is 0.100. The van der Waals surface area contributed by atoms with Gasteiger partial charge in [-0.3, -0.25) is 0 Å². The monoisotopic (exact) mass is 235 g/mol. The van der Waals surface area contributed by atoms with Crippen molar-refractivity contribution in [2.24, 2.45) is 0 Å². The lowest BCUT2D eigenvalue weighted by Crippen LogP contribution is -1.92. The molecule has 0 radical (unpaired) electrons. The molecule has 2 aromatic rings. The highest BCUT2D eigenvalue weighted by Crippen LogP contribution is 2.14. The Kier molecular flexibility index (Phi) is 2.75. The normalized spacial score (nSPS) is 10.2. The Labute approximate surface area is 97.2 Å². The first-order chi connectivity index (χ1) is 7.15. The summed E-state index contributed by atoms with van der Waals surface area (Å²) in [6.45, 7) is 2.04. The minimum atomic E-state index is 0.398. The van der Waals surface area contributed by atoms with Gasteiger partial charge in [-0.05, 0) is 31.4 Å². The number of rotatable bonds is 1. The Morgan fingerprint density at radius 2 is 1.73 bits per heavy atom. The summed E-state index contributed by atoms with van der Waals surface area (Å²) in [7, 11) is 0. The highest BCUT2D eigenvalue weighted by Gasteiger charge is 1.98. The predicted molar refractivity (Wildman–Crippen MR) is 64.8 cm³/mol. The van der Waals surface area contributed by atoms with Crippen LogP contribution in [0.3, 0.4) is 0 Å². The van der Waals surface area contributed by atoms with Crippen molar-refractivity contribution in [1.82, 2.24) is 15.0 Å². The Bertz CT molecular complexity index is 552. The third kappa shape index (κ3) is 2.37. The van der Waals surface area contributed by atoms with Gasteiger partial charge in [0, 0.05) is 5.56 Å². The predicted octanol–water partition coefficient (Wildman–Crippen LogP) is 3.17. The molecule has 0 aliphatic carbocycles. The second-order valence-corrected chi connectivity index (χ2v) is 4.01. The summed E-state index contributed by atoms with van der Waals surface area (Å²) >= 11 is 9.95. The molecule has 0 unspecified atom stereocenters. The van der Waals surface area contributed by atoms with Gasteiger partial charge in [0.05, 0.1) is 0 Å². The molecular weight excluding hydrogens is 226 g/mol. The maximum atomic E-state index is 5.00. The molecule has 1 aromatic heterocycles. The van der Waals surface area contributed by atoms with E-state index in [1.54, 1.807) is 0 Å². The van der Waals surface area contributed by atoms with Crippen molar-refractivity contribution in [3.8, 4) is 11.4 Å². The number of aryl methyl sites for hydroxylation is 1. The van der Waals surface area contributed by atoms with E-state index in [9.17, 15) is 0 Å². The van der Waals surface area contributed by atoms with Gasteiger partial charge in [0.2, 0.25) is 4.77 Å². The topological polar surface area (TPSA) is 44.5 Å². The molecule has 1 aromatic carbocycles. The van der Waals surface area contributed by atoms with Crippen LogP contribution in [0.4, 0.5) is 0 Å². The largest absolute Gasteiger partial charge is 0.317 e. The molecule has 3 nitrogen and oxygen atoms in total. The first-order valence-electron chi connectivity index (χ1n) is 4.43. The van der Waals surface area contributed by atoms with E-state index in [1.165, 1.54) is 5.56 Å². The smallest absolute Gasteiger partial charge is 0.200 e. The fourth-order valence-corrected chi connectivity index (χ4v) is 1.69. The van der Waals surface area contributed by atoms with Gasteiger partial charge in [0.15, 0.2) is 4.77 Å². The van der Waals surface area contributed by atoms with Crippen LogP contribution >= 0.6 is 24.4 Å². The quantitative estimate of drug-likeness (QED) is 0.746. The van der Waals surface area contributed by atoms with Crippen molar-refractivity contribution in [3.05, 3.63) is 39.4 Å². The molecule has 0 aliphatic heterocycles. The molecule has 76 valence electrons. The van der Waals surface area contributed by atoms with Crippen LogP contribution in [-0.2, 0) is 0 Å². The second kappa shape index (κ2) is 4.04. The fourth-order valence-electron chi connectivity index (χ4n) is 1.24. The highest BCUT2D eigenvalue weighted by molar-refractivity contribution is 7.71. The van der Waals surface area contributed by atoms with Crippen molar-refractivity contribution in [2.45, 2.75) is 6.92 Å². The minimum absolute atomic E-state index is 0.398. The average Bonchev–Trinajstić information content (AvgIpc) is 2.17. The van der Waals surface area contributed by atoms with Crippen molar-refractivity contribution >= 4 is 24.4 Å². The van der Waals surface area contributed by atoms with Gasteiger partial charge in [-0.1, -0.05) is 29.8 Å². The molecule has 0 atom stereocenters. The maximum Gasteiger partial charge on any atom is 0.200 e. The Hall–Kier alpha value is -1.33. The first-order valence-corrected chi connectivity index (χ1v) is 5.24. The second-order valence-electron chi connectivity index (χ2n) is 3.21. The molecule has 0 spiro atoms. The summed E-state index contributed by atoms with van der Waals surface area (Å²) in [6.07, 6.45) is 0. The zero-order valence-corrected chi connectivity index (χ0v) is 9.71. The molecule has 2 N–H and O–H groups in total. The molecule has 1 heterocycles. The van der Waals surface area contributed by atoms with E-state index in [0.717, 1.165) is 5.56 Å². The summed E-state index contributed by atoms with van der Waals surface area (Å²) in [5.41, 5.74) is 2.19. The van der Waals surface area contributed by atoms with Gasteiger partial charge < -0.3 is 9.97 Å². The Morgan fingerprint density at radius 1 is 1.07 bits per heavy atom. The summed E-state index contributed by atoms with van der Waals surface area (Å²) in [5, 5.41) is 0. The molecule has 15 heavy (non-hydrogen) atoms. The number of nitrogens with zero attached hydrogens (tertiary/aromatic N) is 1. The third-order valence-corrected chi connectivity index (χ3v) is 2.39. The van der Waals surface area contributed by atoms with Gasteiger partial charge in [-0.15, -0.1) is 0 Å². The van der Waals surface area contributed by atoms with E-state index < -0.39 is 0 Å². The van der Waals surface area contributed by atoms with Crippen molar-refractivity contribution in [3.63, 3.8) is 0 Å². The van der Waals surface area contributed by atoms with Gasteiger partial charge in [0.25, 0.3) is 0 Å². The first kappa shape index (κ1) is 10.2. The number of hydrogen-bond acceptors (Lipinski definition) is 3. The van der Waals surface area contributed by atoms with Crippen LogP contribution in [0.25, 0.3) is 11.4 Å². The van der Waals surface area contributed by atoms with Crippen molar-refractivity contribution in [2.75, 3.05) is 0 Å². The van der Waals surface area contributed by atoms with E-state index in [1.807, 2.05) is 31.2 Å². The van der Waals surface area contributed by atoms with E-state index in [0.29, 0.717) is 15.4 Å². The Morgan fingerprint density at radius 3 is 2.33 bits per heavy atom. The number of aromatic nitrogens is 3. The van der Waals surface area contributed by atoms with Crippen LogP contribution in [0.1, 0.15) is 5.56 Å². The zero-order chi connectivity index (χ0) is 10.8. The van der Waals surface area contributed by atoms with Gasteiger partial charge in [0.1, 0.15) is 5.82 Å². The third-order valence-electron chi connectivity index (χ3n) is 1.99. The van der Waals surface area contributed by atoms with Crippen molar-refractivity contribution in [1.29, 1.82) is 0 Å². The van der Waals surface area contributed by atoms with Crippen LogP contribution in [-0.4, -0.2) is 15.0 Å². The number of hydrogen-bond donors (Lipinski definition) is 2. The summed E-state index contributed by atoms with van der Waals surface area (Å²) in [6, 6.07) is 8.01. The number of nitrogens with one attached hydrogen (secondary N) is 2. The highest BCUT2D eigenvalue weighted by atomic mass is 32.1. The molecule has 5 heteroatoms. The van der Waals surface area contributed by atoms with E-state index in [-0.39, 0.29) is 0 Å². The van der Waals surface area contributed by atoms with Crippen LogP contribution in [0.5, 0.6) is 0 Å². The van der Waals surface area contributed by atoms with Crippen LogP contribution in [0, 0.1) is 16.5 Å². The number of aromatic amines is 2. The minimum Gasteiger partial charge on any atom is -0.317 e. The molecular formula is C10H9N3S2. The van der Waals surface area contributed by atoms with Crippen LogP contribution in [0.15, 0.2) is 24.3 Å². The summed E-state index contributed by atoms with van der Waals surface area (Å²) < 4.78 is 0.889. The van der Waals surface area contributed by atoms with Crippen molar-refractivity contribution < 1.29 is 0 Å². The molecule has 2 rings (SSSR count). The molecule has 0 bridgehead atoms. The van der Waals surface area contributed by atoms with Crippen LogP contribution < -0.4 is 0 Å². The standard InChI is InChI=1S/C10H9N3S2/c1-6-2-4-7(5-3-6)8-11-9(14)13-10(15)12-8/h2-5H,1H3,(H2,11,12,13,14,15). The average molecular weight is 235 g/mol. The van der Waals surface area contributed by atoms with Gasteiger partial charge in [-0.25, -0.2) is 4.98 Å². The zero-order valence-electron chi connectivity index (χ0n) is 8.07. The lowest BCUT2D eigenvalue weighted by atomic mass is 10.1. The lowest BCUT2D eigenvalue weighted by Gasteiger charge is -2.00. The van der Waals surface area contributed by atoms with Gasteiger partial charge in [-0.2, -0.15) is 0 Å². The van der Waals surface area contributed by atoms with E-state index in [2.05, 4.69) is 15.0 Å². The van der Waals surface area contributed by atoms with E-state index >= 15 is 0 Å². The number of benzene rings is 1. The van der Waals surface area contributed by atoms with Gasteiger partial charge >= 0.3 is 0 Å². The molecule has 0 saturated heterocycles. The molecule has 0 saturated carbocycles. The lowest BCUT2D eigenvalue weighted by molar-refractivity contribution is 1.01. The molecule has 0 fully saturated rings. The maximum absolute atomic E-state index is 5.00. The number of H-pyrrole nitrogens is 2.